The Labute approximate surface area is 60.2 Å². The fraction of sp³-hybridized carbons (Fsp3) is 0. The molecule has 0 unspecified atom stereocenters. The summed E-state index contributed by atoms with van der Waals surface area (Å²) in [6, 6.07) is 0. The van der Waals surface area contributed by atoms with Crippen LogP contribution in [0.2, 0.25) is 0 Å². The Morgan fingerprint density at radius 1 is 1.75 bits per heavy atom. The first-order chi connectivity index (χ1) is 3.79. The molecule has 1 aliphatic heterocycles. The molecule has 1 aliphatic rings. The molecule has 1 radical (unpaired) electrons. The van der Waals surface area contributed by atoms with E-state index in [0.717, 1.165) is 17.1 Å². The van der Waals surface area contributed by atoms with Gasteiger partial charge >= 0.3 is 0 Å². The molecule has 0 amide bonds. The highest BCUT2D eigenvalue weighted by atomic mass is 32.1. The van der Waals surface area contributed by atoms with Crippen LogP contribution in [0.25, 0.3) is 0 Å². The molecule has 2 N–H and O–H groups in total. The summed E-state index contributed by atoms with van der Waals surface area (Å²) in [4.78, 5) is 2.00. The molecule has 0 spiro atoms. The molecule has 8 heavy (non-hydrogen) atoms. The molecule has 0 aromatic rings. The SMILES string of the molecule is S=C1[CH]BC(S)=C[NH2+]1. The molecular weight excluding hydrogens is 137 g/mol. The van der Waals surface area contributed by atoms with E-state index < -0.39 is 0 Å². The van der Waals surface area contributed by atoms with Crippen LogP contribution in [0.3, 0.4) is 0 Å². The average Bonchev–Trinajstić information content (AvgIpc) is 1.77. The van der Waals surface area contributed by atoms with Crippen molar-refractivity contribution in [2.75, 3.05) is 0 Å². The van der Waals surface area contributed by atoms with E-state index in [1.54, 1.807) is 0 Å². The third-order valence-electron chi connectivity index (χ3n) is 0.952. The van der Waals surface area contributed by atoms with E-state index in [-0.39, 0.29) is 0 Å². The fourth-order valence-electron chi connectivity index (χ4n) is 0.520. The van der Waals surface area contributed by atoms with Crippen LogP contribution in [-0.4, -0.2) is 12.3 Å². The van der Waals surface area contributed by atoms with Gasteiger partial charge in [-0.25, -0.2) is 0 Å². The highest BCUT2D eigenvalue weighted by molar-refractivity contribution is 7.86. The van der Waals surface area contributed by atoms with Crippen LogP contribution in [0.1, 0.15) is 0 Å². The van der Waals surface area contributed by atoms with Gasteiger partial charge < -0.3 is 0 Å². The first-order valence-corrected chi connectivity index (χ1v) is 3.24. The number of nitrogens with two attached hydrogens (primary N) is 1. The third kappa shape index (κ3) is 1.61. The van der Waals surface area contributed by atoms with Crippen molar-refractivity contribution in [3.63, 3.8) is 0 Å². The van der Waals surface area contributed by atoms with Crippen molar-refractivity contribution in [1.82, 2.24) is 0 Å². The maximum absolute atomic E-state index is 4.87. The summed E-state index contributed by atoms with van der Waals surface area (Å²) >= 11 is 9.01. The van der Waals surface area contributed by atoms with Crippen molar-refractivity contribution in [2.24, 2.45) is 0 Å². The lowest BCUT2D eigenvalue weighted by atomic mass is 9.73. The second-order valence-corrected chi connectivity index (χ2v) is 2.68. The van der Waals surface area contributed by atoms with E-state index in [4.69, 9.17) is 12.2 Å². The van der Waals surface area contributed by atoms with Crippen LogP contribution >= 0.6 is 24.8 Å². The minimum Gasteiger partial charge on any atom is -0.282 e. The van der Waals surface area contributed by atoms with Crippen LogP contribution in [0, 0.1) is 6.32 Å². The summed E-state index contributed by atoms with van der Waals surface area (Å²) in [5.74, 6) is 0. The van der Waals surface area contributed by atoms with Gasteiger partial charge in [-0.3, -0.25) is 5.32 Å². The normalized spacial score (nSPS) is 19.6. The number of thiol groups is 1. The Morgan fingerprint density at radius 2 is 2.50 bits per heavy atom. The van der Waals surface area contributed by atoms with Gasteiger partial charge in [-0.15, -0.1) is 0 Å². The number of hydrogen-bond donors (Lipinski definition) is 2. The molecule has 41 valence electrons. The van der Waals surface area contributed by atoms with Crippen LogP contribution < -0.4 is 5.32 Å². The molecular formula is C4H6BNS2+. The largest absolute Gasteiger partial charge is 0.282 e. The quantitative estimate of drug-likeness (QED) is 0.258. The molecule has 0 fully saturated rings. The number of hydrogen-bond acceptors (Lipinski definition) is 2. The molecule has 1 rings (SSSR count). The number of quaternary nitrogens is 1. The Bertz CT molecular complexity index is 143. The Morgan fingerprint density at radius 3 is 2.88 bits per heavy atom. The lowest BCUT2D eigenvalue weighted by Crippen LogP contribution is -2.83. The average molecular weight is 143 g/mol. The van der Waals surface area contributed by atoms with Crippen molar-refractivity contribution in [1.29, 1.82) is 0 Å². The molecule has 1 heterocycles. The van der Waals surface area contributed by atoms with Crippen LogP contribution in [0.4, 0.5) is 0 Å². The summed E-state index contributed by atoms with van der Waals surface area (Å²) in [5.41, 5.74) is 0. The molecule has 4 heteroatoms. The zero-order valence-electron chi connectivity index (χ0n) is 4.29. The van der Waals surface area contributed by atoms with E-state index >= 15 is 0 Å². The summed E-state index contributed by atoms with van der Waals surface area (Å²) in [6.07, 6.45) is 3.92. The predicted octanol–water partition coefficient (Wildman–Crippen LogP) is -0.782. The molecule has 0 atom stereocenters. The van der Waals surface area contributed by atoms with Crippen molar-refractivity contribution >= 4 is 37.1 Å². The summed E-state index contributed by atoms with van der Waals surface area (Å²) in [7, 11) is 0.901. The molecule has 0 saturated carbocycles. The Kier molecular flexibility index (Phi) is 2.11. The van der Waals surface area contributed by atoms with Crippen LogP contribution in [0.15, 0.2) is 11.0 Å². The van der Waals surface area contributed by atoms with E-state index in [1.807, 2.05) is 17.8 Å². The zero-order chi connectivity index (χ0) is 5.98. The van der Waals surface area contributed by atoms with Gasteiger partial charge in [0.2, 0.25) is 0 Å². The van der Waals surface area contributed by atoms with E-state index in [0.29, 0.717) is 0 Å². The molecule has 0 bridgehead atoms. The summed E-state index contributed by atoms with van der Waals surface area (Å²) in [5, 5.41) is 1.89. The second kappa shape index (κ2) is 2.66. The second-order valence-electron chi connectivity index (χ2n) is 1.64. The molecule has 0 aliphatic carbocycles. The van der Waals surface area contributed by atoms with Gasteiger partial charge in [-0.2, -0.15) is 12.6 Å². The Balaban J connectivity index is 2.55. The maximum Gasteiger partial charge on any atom is 0.188 e. The molecule has 0 saturated heterocycles. The van der Waals surface area contributed by atoms with Gasteiger partial charge in [0.1, 0.15) is 0 Å². The van der Waals surface area contributed by atoms with Crippen molar-refractivity contribution < 1.29 is 5.32 Å². The lowest BCUT2D eigenvalue weighted by Gasteiger charge is -2.02. The van der Waals surface area contributed by atoms with Gasteiger partial charge in [0, 0.05) is 6.32 Å². The summed E-state index contributed by atoms with van der Waals surface area (Å²) in [6.45, 7) is 0. The minimum atomic E-state index is 0.901. The Hall–Kier alpha value is 0.205. The third-order valence-corrected chi connectivity index (χ3v) is 1.59. The first kappa shape index (κ1) is 6.33. The first-order valence-electron chi connectivity index (χ1n) is 2.39. The minimum absolute atomic E-state index is 0.901. The highest BCUT2D eigenvalue weighted by Gasteiger charge is 2.09. The van der Waals surface area contributed by atoms with E-state index in [2.05, 4.69) is 12.6 Å². The number of thiocarbonyl (C=S) groups is 1. The van der Waals surface area contributed by atoms with Crippen molar-refractivity contribution in [2.45, 2.75) is 0 Å². The zero-order valence-corrected chi connectivity index (χ0v) is 6.01. The maximum atomic E-state index is 4.87. The van der Waals surface area contributed by atoms with Crippen molar-refractivity contribution in [3.8, 4) is 0 Å². The topological polar surface area (TPSA) is 16.6 Å². The smallest absolute Gasteiger partial charge is 0.188 e. The van der Waals surface area contributed by atoms with Crippen LogP contribution in [0.5, 0.6) is 0 Å². The van der Waals surface area contributed by atoms with Gasteiger partial charge in [0.15, 0.2) is 12.3 Å². The predicted molar refractivity (Wildman–Crippen MR) is 43.0 cm³/mol. The van der Waals surface area contributed by atoms with Gasteiger partial charge in [0.05, 0.1) is 6.20 Å². The van der Waals surface area contributed by atoms with E-state index in [9.17, 15) is 0 Å². The van der Waals surface area contributed by atoms with Gasteiger partial charge in [-0.05, 0) is 17.0 Å². The molecule has 1 nitrogen and oxygen atoms in total. The fourth-order valence-corrected chi connectivity index (χ4v) is 0.837. The highest BCUT2D eigenvalue weighted by Crippen LogP contribution is 1.97. The van der Waals surface area contributed by atoms with Gasteiger partial charge in [0.25, 0.3) is 0 Å². The van der Waals surface area contributed by atoms with Crippen LogP contribution in [-0.2, 0) is 0 Å². The monoisotopic (exact) mass is 143 g/mol. The van der Waals surface area contributed by atoms with Gasteiger partial charge in [-0.1, -0.05) is 0 Å². The standard InChI is InChI=1S/C4H5BNS2/c7-3-2-6-4(8)1-5-3/h1-2,5,7H,(H,6,8)/p+1. The van der Waals surface area contributed by atoms with Crippen molar-refractivity contribution in [3.05, 3.63) is 17.3 Å². The number of rotatable bonds is 0. The summed E-state index contributed by atoms with van der Waals surface area (Å²) < 4.78 is 0. The molecule has 0 aromatic carbocycles. The molecule has 0 aromatic heterocycles. The lowest BCUT2D eigenvalue weighted by molar-refractivity contribution is -0.457. The van der Waals surface area contributed by atoms with E-state index in [1.165, 1.54) is 0 Å².